The summed E-state index contributed by atoms with van der Waals surface area (Å²) in [6.45, 7) is 4.01. The van der Waals surface area contributed by atoms with Crippen LogP contribution in [0.2, 0.25) is 0 Å². The van der Waals surface area contributed by atoms with Gasteiger partial charge >= 0.3 is 0 Å². The zero-order valence-electron chi connectivity index (χ0n) is 17.0. The second-order valence-electron chi connectivity index (χ2n) is 6.89. The first-order valence-electron chi connectivity index (χ1n) is 10.00. The third-order valence-electron chi connectivity index (χ3n) is 4.44. The summed E-state index contributed by atoms with van der Waals surface area (Å²) >= 11 is 3.18. The third kappa shape index (κ3) is 8.23. The molecule has 6 nitrogen and oxygen atoms in total. The second kappa shape index (κ2) is 12.2. The standard InChI is InChI=1S/C22H28BrN3O3/c1-3-4-5-6-7-8-12-21(27)26-25-16(2)17-10-9-11-18(15-17)24-22(28)19-13-14-20(23)29-19/h9-11,13-15H,3-8,12H2,1-2H3,(H,24,28)(H,26,27)/b25-16-. The summed E-state index contributed by atoms with van der Waals surface area (Å²) in [5.74, 6) is -0.197. The molecule has 0 radical (unpaired) electrons. The van der Waals surface area contributed by atoms with Gasteiger partial charge in [0.1, 0.15) is 0 Å². The lowest BCUT2D eigenvalue weighted by atomic mass is 10.1. The van der Waals surface area contributed by atoms with Crippen LogP contribution in [0.1, 0.15) is 74.9 Å². The Bertz CT molecular complexity index is 845. The molecule has 0 atom stereocenters. The molecular weight excluding hydrogens is 434 g/mol. The molecule has 0 bridgehead atoms. The molecule has 156 valence electrons. The summed E-state index contributed by atoms with van der Waals surface area (Å²) < 4.78 is 5.75. The van der Waals surface area contributed by atoms with Crippen LogP contribution >= 0.6 is 15.9 Å². The van der Waals surface area contributed by atoms with E-state index in [1.165, 1.54) is 25.7 Å². The maximum Gasteiger partial charge on any atom is 0.291 e. The summed E-state index contributed by atoms with van der Waals surface area (Å²) in [7, 11) is 0. The van der Waals surface area contributed by atoms with Crippen molar-refractivity contribution in [2.24, 2.45) is 5.10 Å². The quantitative estimate of drug-likeness (QED) is 0.248. The van der Waals surface area contributed by atoms with E-state index in [2.05, 4.69) is 38.7 Å². The Morgan fingerprint density at radius 3 is 2.55 bits per heavy atom. The average molecular weight is 462 g/mol. The lowest BCUT2D eigenvalue weighted by Crippen LogP contribution is -2.19. The molecule has 29 heavy (non-hydrogen) atoms. The van der Waals surface area contributed by atoms with Gasteiger partial charge in [-0.15, -0.1) is 0 Å². The minimum absolute atomic E-state index is 0.0762. The number of benzene rings is 1. The second-order valence-corrected chi connectivity index (χ2v) is 7.67. The number of halogens is 1. The zero-order chi connectivity index (χ0) is 21.1. The van der Waals surface area contributed by atoms with Crippen LogP contribution in [-0.2, 0) is 4.79 Å². The number of nitrogens with zero attached hydrogens (tertiary/aromatic N) is 1. The van der Waals surface area contributed by atoms with Gasteiger partial charge in [0, 0.05) is 12.1 Å². The maximum atomic E-state index is 12.2. The molecule has 0 aliphatic carbocycles. The van der Waals surface area contributed by atoms with E-state index in [0.717, 1.165) is 18.4 Å². The van der Waals surface area contributed by atoms with E-state index in [1.807, 2.05) is 19.1 Å². The Balaban J connectivity index is 1.83. The molecule has 0 fully saturated rings. The monoisotopic (exact) mass is 461 g/mol. The van der Waals surface area contributed by atoms with Crippen LogP contribution in [0.4, 0.5) is 5.69 Å². The smallest absolute Gasteiger partial charge is 0.291 e. The van der Waals surface area contributed by atoms with Gasteiger partial charge in [-0.2, -0.15) is 5.10 Å². The van der Waals surface area contributed by atoms with E-state index in [-0.39, 0.29) is 17.6 Å². The number of furan rings is 1. The van der Waals surface area contributed by atoms with Gasteiger partial charge in [-0.05, 0) is 59.1 Å². The zero-order valence-corrected chi connectivity index (χ0v) is 18.5. The number of amides is 2. The SMILES string of the molecule is CCCCCCCCC(=O)N/N=C(/C)c1cccc(NC(=O)c2ccc(Br)o2)c1. The van der Waals surface area contributed by atoms with Crippen molar-refractivity contribution in [3.05, 3.63) is 52.4 Å². The fraction of sp³-hybridized carbons (Fsp3) is 0.409. The van der Waals surface area contributed by atoms with Gasteiger partial charge in [0.15, 0.2) is 10.4 Å². The summed E-state index contributed by atoms with van der Waals surface area (Å²) in [5.41, 5.74) is 4.71. The molecule has 7 heteroatoms. The van der Waals surface area contributed by atoms with Gasteiger partial charge in [-0.25, -0.2) is 5.43 Å². The highest BCUT2D eigenvalue weighted by Crippen LogP contribution is 2.17. The number of hydrazone groups is 1. The van der Waals surface area contributed by atoms with Crippen LogP contribution in [0.3, 0.4) is 0 Å². The topological polar surface area (TPSA) is 83.7 Å². The third-order valence-corrected chi connectivity index (χ3v) is 4.87. The Morgan fingerprint density at radius 1 is 1.07 bits per heavy atom. The molecule has 0 saturated carbocycles. The fourth-order valence-corrected chi connectivity index (χ4v) is 3.09. The van der Waals surface area contributed by atoms with Crippen molar-refractivity contribution >= 4 is 39.1 Å². The van der Waals surface area contributed by atoms with Gasteiger partial charge in [-0.1, -0.05) is 51.2 Å². The number of anilines is 1. The van der Waals surface area contributed by atoms with Crippen molar-refractivity contribution in [2.75, 3.05) is 5.32 Å². The van der Waals surface area contributed by atoms with Gasteiger partial charge < -0.3 is 9.73 Å². The van der Waals surface area contributed by atoms with Crippen molar-refractivity contribution < 1.29 is 14.0 Å². The predicted octanol–water partition coefficient (Wildman–Crippen LogP) is 5.89. The van der Waals surface area contributed by atoms with Gasteiger partial charge in [0.25, 0.3) is 5.91 Å². The highest BCUT2D eigenvalue weighted by Gasteiger charge is 2.11. The molecule has 0 saturated heterocycles. The van der Waals surface area contributed by atoms with E-state index >= 15 is 0 Å². The number of carbonyl (C=O) groups excluding carboxylic acids is 2. The first-order chi connectivity index (χ1) is 14.0. The number of unbranched alkanes of at least 4 members (excludes halogenated alkanes) is 5. The van der Waals surface area contributed by atoms with Crippen molar-refractivity contribution in [3.63, 3.8) is 0 Å². The Labute approximate surface area is 180 Å². The Hall–Kier alpha value is -2.41. The number of rotatable bonds is 11. The molecule has 2 N–H and O–H groups in total. The highest BCUT2D eigenvalue weighted by atomic mass is 79.9. The Morgan fingerprint density at radius 2 is 1.83 bits per heavy atom. The molecule has 1 heterocycles. The van der Waals surface area contributed by atoms with E-state index in [1.54, 1.807) is 24.3 Å². The molecule has 2 rings (SSSR count). The van der Waals surface area contributed by atoms with Crippen molar-refractivity contribution in [3.8, 4) is 0 Å². The van der Waals surface area contributed by atoms with Gasteiger partial charge in [0.2, 0.25) is 5.91 Å². The summed E-state index contributed by atoms with van der Waals surface area (Å²) in [6, 6.07) is 10.5. The van der Waals surface area contributed by atoms with Crippen molar-refractivity contribution in [1.82, 2.24) is 5.43 Å². The van der Waals surface area contributed by atoms with Crippen LogP contribution in [0.15, 0.2) is 50.6 Å². The largest absolute Gasteiger partial charge is 0.444 e. The van der Waals surface area contributed by atoms with E-state index in [9.17, 15) is 9.59 Å². The molecule has 2 aromatic rings. The predicted molar refractivity (Wildman–Crippen MR) is 119 cm³/mol. The van der Waals surface area contributed by atoms with Crippen LogP contribution in [0.25, 0.3) is 0 Å². The molecule has 0 unspecified atom stereocenters. The summed E-state index contributed by atoms with van der Waals surface area (Å²) in [6.07, 6.45) is 7.33. The number of carbonyl (C=O) groups is 2. The average Bonchev–Trinajstić information content (AvgIpc) is 3.15. The van der Waals surface area contributed by atoms with Crippen molar-refractivity contribution in [1.29, 1.82) is 0 Å². The number of hydrogen-bond donors (Lipinski definition) is 2. The number of hydrogen-bond acceptors (Lipinski definition) is 4. The van der Waals surface area contributed by atoms with Crippen LogP contribution in [0, 0.1) is 0 Å². The highest BCUT2D eigenvalue weighted by molar-refractivity contribution is 9.10. The maximum absolute atomic E-state index is 12.2. The minimum atomic E-state index is -0.338. The summed E-state index contributed by atoms with van der Waals surface area (Å²) in [4.78, 5) is 24.1. The molecule has 1 aromatic carbocycles. The van der Waals surface area contributed by atoms with Crippen LogP contribution in [-0.4, -0.2) is 17.5 Å². The fourth-order valence-electron chi connectivity index (χ4n) is 2.78. The molecule has 1 aromatic heterocycles. The molecule has 0 spiro atoms. The first kappa shape index (κ1) is 22.9. The van der Waals surface area contributed by atoms with Gasteiger partial charge in [-0.3, -0.25) is 9.59 Å². The lowest BCUT2D eigenvalue weighted by molar-refractivity contribution is -0.121. The lowest BCUT2D eigenvalue weighted by Gasteiger charge is -2.07. The van der Waals surface area contributed by atoms with E-state index in [4.69, 9.17) is 4.42 Å². The molecular formula is C22H28BrN3O3. The van der Waals surface area contributed by atoms with Gasteiger partial charge in [0.05, 0.1) is 5.71 Å². The van der Waals surface area contributed by atoms with Crippen LogP contribution < -0.4 is 10.7 Å². The van der Waals surface area contributed by atoms with Crippen LogP contribution in [0.5, 0.6) is 0 Å². The van der Waals surface area contributed by atoms with Crippen molar-refractivity contribution in [2.45, 2.75) is 58.8 Å². The number of nitrogens with one attached hydrogen (secondary N) is 2. The molecule has 0 aliphatic rings. The summed E-state index contributed by atoms with van der Waals surface area (Å²) in [5, 5.41) is 6.97. The molecule has 0 aliphatic heterocycles. The normalized spacial score (nSPS) is 11.3. The minimum Gasteiger partial charge on any atom is -0.444 e. The van der Waals surface area contributed by atoms with E-state index < -0.39 is 0 Å². The van der Waals surface area contributed by atoms with E-state index in [0.29, 0.717) is 22.5 Å². The Kier molecular flexibility index (Phi) is 9.64. The first-order valence-corrected chi connectivity index (χ1v) is 10.8. The molecule has 2 amide bonds.